The van der Waals surface area contributed by atoms with Crippen LogP contribution in [0, 0.1) is 10.1 Å². The number of rotatable bonds is 3. The quantitative estimate of drug-likeness (QED) is 0.619. The minimum atomic E-state index is -0.588. The maximum atomic E-state index is 10.9. The first kappa shape index (κ1) is 11.5. The number of nitrogens with zero attached hydrogens (tertiary/aromatic N) is 1. The molecule has 0 saturated carbocycles. The molecule has 0 aliphatic carbocycles. The summed E-state index contributed by atoms with van der Waals surface area (Å²) >= 11 is 0. The monoisotopic (exact) mass is 241 g/mol. The van der Waals surface area contributed by atoms with E-state index in [4.69, 9.17) is 19.3 Å². The van der Waals surface area contributed by atoms with E-state index < -0.39 is 11.0 Å². The summed E-state index contributed by atoms with van der Waals surface area (Å²) in [6.45, 7) is -0.115. The molecule has 0 fully saturated rings. The standard InChI is InChI=1S/C10H11NO6/c1-15-6-2-8(11(13)14)10-9(3-6)16-5-7(4-12)17-10/h2-3,7,12H,4-5H2,1H3. The van der Waals surface area contributed by atoms with Gasteiger partial charge in [-0.3, -0.25) is 10.1 Å². The summed E-state index contributed by atoms with van der Waals surface area (Å²) in [6.07, 6.45) is -0.588. The van der Waals surface area contributed by atoms with Gasteiger partial charge in [0.2, 0.25) is 5.75 Å². The molecule has 7 nitrogen and oxygen atoms in total. The van der Waals surface area contributed by atoms with E-state index in [1.54, 1.807) is 0 Å². The van der Waals surface area contributed by atoms with Crippen molar-refractivity contribution in [3.05, 3.63) is 22.2 Å². The third-order valence-electron chi connectivity index (χ3n) is 2.35. The Morgan fingerprint density at radius 1 is 1.65 bits per heavy atom. The van der Waals surface area contributed by atoms with Crippen LogP contribution in [0.3, 0.4) is 0 Å². The SMILES string of the molecule is COc1cc2c(c([N+](=O)[O-])c1)OC(CO)CO2. The van der Waals surface area contributed by atoms with Crippen LogP contribution in [0.4, 0.5) is 5.69 Å². The van der Waals surface area contributed by atoms with Crippen molar-refractivity contribution in [2.24, 2.45) is 0 Å². The second-order valence-electron chi connectivity index (χ2n) is 3.46. The smallest absolute Gasteiger partial charge is 0.318 e. The molecule has 1 atom stereocenters. The fourth-order valence-electron chi connectivity index (χ4n) is 1.52. The number of nitro benzene ring substituents is 1. The number of methoxy groups -OCH3 is 1. The Hall–Kier alpha value is -2.02. The highest BCUT2D eigenvalue weighted by Crippen LogP contribution is 2.43. The zero-order valence-corrected chi connectivity index (χ0v) is 9.08. The summed E-state index contributed by atoms with van der Waals surface area (Å²) in [4.78, 5) is 10.3. The van der Waals surface area contributed by atoms with Crippen LogP contribution in [-0.4, -0.2) is 36.5 Å². The van der Waals surface area contributed by atoms with Crippen LogP contribution < -0.4 is 14.2 Å². The Bertz CT molecular complexity index is 447. The van der Waals surface area contributed by atoms with Crippen molar-refractivity contribution < 1.29 is 24.2 Å². The van der Waals surface area contributed by atoms with Crippen molar-refractivity contribution in [3.8, 4) is 17.2 Å². The number of benzene rings is 1. The van der Waals surface area contributed by atoms with Gasteiger partial charge >= 0.3 is 5.69 Å². The number of aliphatic hydroxyl groups is 1. The number of hydrogen-bond acceptors (Lipinski definition) is 6. The van der Waals surface area contributed by atoms with Gasteiger partial charge in [0, 0.05) is 6.07 Å². The van der Waals surface area contributed by atoms with Gasteiger partial charge in [-0.15, -0.1) is 0 Å². The highest BCUT2D eigenvalue weighted by molar-refractivity contribution is 5.60. The normalized spacial score (nSPS) is 17.6. The van der Waals surface area contributed by atoms with Crippen LogP contribution in [0.2, 0.25) is 0 Å². The molecule has 1 aromatic rings. The van der Waals surface area contributed by atoms with Gasteiger partial charge in [-0.1, -0.05) is 0 Å². The highest BCUT2D eigenvalue weighted by atomic mass is 16.6. The van der Waals surface area contributed by atoms with Gasteiger partial charge in [0.1, 0.15) is 12.4 Å². The lowest BCUT2D eigenvalue weighted by Crippen LogP contribution is -2.32. The molecule has 1 N–H and O–H groups in total. The van der Waals surface area contributed by atoms with E-state index >= 15 is 0 Å². The van der Waals surface area contributed by atoms with Crippen LogP contribution in [0.25, 0.3) is 0 Å². The summed E-state index contributed by atoms with van der Waals surface area (Å²) in [5, 5.41) is 19.8. The minimum Gasteiger partial charge on any atom is -0.496 e. The number of hydrogen-bond donors (Lipinski definition) is 1. The molecule has 0 spiro atoms. The molecule has 1 aliphatic heterocycles. The average molecular weight is 241 g/mol. The summed E-state index contributed by atoms with van der Waals surface area (Å²) in [6, 6.07) is 2.76. The van der Waals surface area contributed by atoms with Crippen LogP contribution in [0.1, 0.15) is 0 Å². The molecule has 17 heavy (non-hydrogen) atoms. The van der Waals surface area contributed by atoms with Crippen molar-refractivity contribution in [1.82, 2.24) is 0 Å². The van der Waals surface area contributed by atoms with Crippen molar-refractivity contribution in [1.29, 1.82) is 0 Å². The molecule has 7 heteroatoms. The van der Waals surface area contributed by atoms with E-state index in [1.807, 2.05) is 0 Å². The third kappa shape index (κ3) is 2.09. The second kappa shape index (κ2) is 4.46. The van der Waals surface area contributed by atoms with Crippen LogP contribution in [0.5, 0.6) is 17.2 Å². The summed E-state index contributed by atoms with van der Waals surface area (Å²) in [7, 11) is 1.41. The van der Waals surface area contributed by atoms with Crippen molar-refractivity contribution in [3.63, 3.8) is 0 Å². The molecule has 0 bridgehead atoms. The summed E-state index contributed by atoms with van der Waals surface area (Å²) in [5.41, 5.74) is -0.238. The molecule has 1 heterocycles. The van der Waals surface area contributed by atoms with E-state index in [-0.39, 0.29) is 30.4 Å². The van der Waals surface area contributed by atoms with Crippen LogP contribution >= 0.6 is 0 Å². The van der Waals surface area contributed by atoms with Gasteiger partial charge in [0.25, 0.3) is 0 Å². The van der Waals surface area contributed by atoms with E-state index in [2.05, 4.69) is 0 Å². The molecule has 1 aliphatic rings. The lowest BCUT2D eigenvalue weighted by Gasteiger charge is -2.25. The highest BCUT2D eigenvalue weighted by Gasteiger charge is 2.29. The van der Waals surface area contributed by atoms with Gasteiger partial charge in [0.05, 0.1) is 24.7 Å². The van der Waals surface area contributed by atoms with Gasteiger partial charge in [0.15, 0.2) is 11.9 Å². The fraction of sp³-hybridized carbons (Fsp3) is 0.400. The Labute approximate surface area is 96.7 Å². The average Bonchev–Trinajstić information content (AvgIpc) is 2.36. The van der Waals surface area contributed by atoms with Gasteiger partial charge < -0.3 is 19.3 Å². The van der Waals surface area contributed by atoms with Gasteiger partial charge in [-0.2, -0.15) is 0 Å². The van der Waals surface area contributed by atoms with Gasteiger partial charge in [-0.25, -0.2) is 0 Å². The van der Waals surface area contributed by atoms with Crippen LogP contribution in [0.15, 0.2) is 12.1 Å². The summed E-state index contributed by atoms with van der Waals surface area (Å²) in [5.74, 6) is 0.600. The molecule has 1 unspecified atom stereocenters. The third-order valence-corrected chi connectivity index (χ3v) is 2.35. The van der Waals surface area contributed by atoms with E-state index in [9.17, 15) is 10.1 Å². The molecule has 0 saturated heterocycles. The zero-order valence-electron chi connectivity index (χ0n) is 9.08. The summed E-state index contributed by atoms with van der Waals surface area (Å²) < 4.78 is 15.5. The predicted octanol–water partition coefficient (Wildman–Crippen LogP) is 0.736. The van der Waals surface area contributed by atoms with Crippen LogP contribution in [-0.2, 0) is 0 Å². The number of aliphatic hydroxyl groups excluding tert-OH is 1. The van der Waals surface area contributed by atoms with E-state index in [0.29, 0.717) is 5.75 Å². The lowest BCUT2D eigenvalue weighted by atomic mass is 10.2. The maximum Gasteiger partial charge on any atom is 0.318 e. The van der Waals surface area contributed by atoms with Gasteiger partial charge in [-0.05, 0) is 0 Å². The molecule has 0 radical (unpaired) electrons. The lowest BCUT2D eigenvalue weighted by molar-refractivity contribution is -0.386. The molecule has 0 amide bonds. The van der Waals surface area contributed by atoms with Crippen molar-refractivity contribution in [2.75, 3.05) is 20.3 Å². The van der Waals surface area contributed by atoms with E-state index in [0.717, 1.165) is 0 Å². The largest absolute Gasteiger partial charge is 0.496 e. The second-order valence-corrected chi connectivity index (χ2v) is 3.46. The zero-order chi connectivity index (χ0) is 12.4. The predicted molar refractivity (Wildman–Crippen MR) is 56.6 cm³/mol. The van der Waals surface area contributed by atoms with Crippen molar-refractivity contribution >= 4 is 5.69 Å². The molecule has 92 valence electrons. The molecule has 0 aromatic heterocycles. The number of nitro groups is 1. The molecular weight excluding hydrogens is 230 g/mol. The fourth-order valence-corrected chi connectivity index (χ4v) is 1.52. The number of ether oxygens (including phenoxy) is 3. The number of fused-ring (bicyclic) bond motifs is 1. The molecule has 2 rings (SSSR count). The molecule has 1 aromatic carbocycles. The minimum absolute atomic E-state index is 0.0288. The molecular formula is C10H11NO6. The maximum absolute atomic E-state index is 10.9. The van der Waals surface area contributed by atoms with Crippen molar-refractivity contribution in [2.45, 2.75) is 6.10 Å². The first-order chi connectivity index (χ1) is 8.15. The Morgan fingerprint density at radius 2 is 2.41 bits per heavy atom. The Balaban J connectivity index is 2.47. The first-order valence-electron chi connectivity index (χ1n) is 4.92. The Morgan fingerprint density at radius 3 is 3.00 bits per heavy atom. The first-order valence-corrected chi connectivity index (χ1v) is 4.92. The topological polar surface area (TPSA) is 91.1 Å². The van der Waals surface area contributed by atoms with E-state index in [1.165, 1.54) is 19.2 Å². The Kier molecular flexibility index (Phi) is 3.01.